The molecule has 0 atom stereocenters. The molecule has 1 fully saturated rings. The summed E-state index contributed by atoms with van der Waals surface area (Å²) in [6.07, 6.45) is -0.656. The number of anilines is 1. The fourth-order valence-corrected chi connectivity index (χ4v) is 2.38. The van der Waals surface area contributed by atoms with Crippen molar-refractivity contribution in [2.75, 3.05) is 25.5 Å². The number of fused-ring (bicyclic) bond motifs is 1. The Balaban J connectivity index is 1.80. The molecule has 2 aromatic rings. The zero-order valence-electron chi connectivity index (χ0n) is 11.1. The van der Waals surface area contributed by atoms with Crippen LogP contribution >= 0.6 is 0 Å². The predicted molar refractivity (Wildman–Crippen MR) is 69.9 cm³/mol. The summed E-state index contributed by atoms with van der Waals surface area (Å²) in [7, 11) is 2.09. The van der Waals surface area contributed by atoms with E-state index in [9.17, 15) is 8.78 Å². The van der Waals surface area contributed by atoms with Gasteiger partial charge in [-0.2, -0.15) is 4.52 Å². The maximum absolute atomic E-state index is 12.8. The van der Waals surface area contributed by atoms with E-state index in [0.29, 0.717) is 17.5 Å². The Bertz CT molecular complexity index is 591. The van der Waals surface area contributed by atoms with Crippen LogP contribution in [0.25, 0.3) is 5.65 Å². The Morgan fingerprint density at radius 2 is 2.00 bits per heavy atom. The predicted octanol–water partition coefficient (Wildman–Crippen LogP) is 1.57. The van der Waals surface area contributed by atoms with Crippen molar-refractivity contribution in [1.82, 2.24) is 24.7 Å². The number of nitrogens with one attached hydrogen (secondary N) is 1. The molecule has 0 bridgehead atoms. The van der Waals surface area contributed by atoms with Gasteiger partial charge in [0, 0.05) is 6.04 Å². The first-order valence-electron chi connectivity index (χ1n) is 6.59. The molecular formula is C12H16F2N6. The summed E-state index contributed by atoms with van der Waals surface area (Å²) in [6.45, 7) is 2.05. The van der Waals surface area contributed by atoms with Crippen LogP contribution in [0, 0.1) is 0 Å². The summed E-state index contributed by atoms with van der Waals surface area (Å²) in [5.41, 5.74) is 0.328. The number of hydrogen-bond acceptors (Lipinski definition) is 5. The summed E-state index contributed by atoms with van der Waals surface area (Å²) >= 11 is 0. The summed E-state index contributed by atoms with van der Waals surface area (Å²) in [4.78, 5) is 2.27. The third-order valence-electron chi connectivity index (χ3n) is 3.55. The molecule has 0 aliphatic carbocycles. The average molecular weight is 282 g/mol. The van der Waals surface area contributed by atoms with Gasteiger partial charge in [0.25, 0.3) is 6.43 Å². The van der Waals surface area contributed by atoms with E-state index in [4.69, 9.17) is 0 Å². The smallest absolute Gasteiger partial charge is 0.299 e. The average Bonchev–Trinajstić information content (AvgIpc) is 2.84. The summed E-state index contributed by atoms with van der Waals surface area (Å²) < 4.78 is 26.6. The van der Waals surface area contributed by atoms with E-state index < -0.39 is 12.2 Å². The van der Waals surface area contributed by atoms with Gasteiger partial charge in [0.1, 0.15) is 5.82 Å². The molecule has 0 aromatic carbocycles. The number of rotatable bonds is 3. The highest BCUT2D eigenvalue weighted by molar-refractivity contribution is 5.44. The molecule has 2 aromatic heterocycles. The van der Waals surface area contributed by atoms with Gasteiger partial charge in [0.2, 0.25) is 5.82 Å². The van der Waals surface area contributed by atoms with Crippen molar-refractivity contribution in [3.63, 3.8) is 0 Å². The SMILES string of the molecule is CN1CCC(Nc2ccc3nnc(C(F)F)n3n2)CC1. The minimum Gasteiger partial charge on any atom is -0.366 e. The van der Waals surface area contributed by atoms with E-state index in [1.165, 1.54) is 0 Å². The first-order chi connectivity index (χ1) is 9.63. The van der Waals surface area contributed by atoms with Gasteiger partial charge in [-0.3, -0.25) is 0 Å². The number of likely N-dealkylation sites (tertiary alicyclic amines) is 1. The van der Waals surface area contributed by atoms with Crippen molar-refractivity contribution >= 4 is 11.5 Å². The van der Waals surface area contributed by atoms with Crippen molar-refractivity contribution in [3.05, 3.63) is 18.0 Å². The molecule has 20 heavy (non-hydrogen) atoms. The van der Waals surface area contributed by atoms with E-state index in [1.54, 1.807) is 12.1 Å². The van der Waals surface area contributed by atoms with Crippen molar-refractivity contribution in [3.8, 4) is 0 Å². The second-order valence-corrected chi connectivity index (χ2v) is 5.07. The highest BCUT2D eigenvalue weighted by Crippen LogP contribution is 2.19. The Labute approximate surface area is 114 Å². The molecule has 1 N–H and O–H groups in total. The first-order valence-corrected chi connectivity index (χ1v) is 6.59. The lowest BCUT2D eigenvalue weighted by Gasteiger charge is -2.29. The van der Waals surface area contributed by atoms with Gasteiger partial charge in [-0.1, -0.05) is 0 Å². The molecule has 0 spiro atoms. The number of hydrogen-bond donors (Lipinski definition) is 1. The quantitative estimate of drug-likeness (QED) is 0.926. The minimum atomic E-state index is -2.68. The first kappa shape index (κ1) is 13.2. The third kappa shape index (κ3) is 2.55. The number of halogens is 2. The number of nitrogens with zero attached hydrogens (tertiary/aromatic N) is 5. The fraction of sp³-hybridized carbons (Fsp3) is 0.583. The maximum Gasteiger partial charge on any atom is 0.299 e. The molecule has 1 saturated heterocycles. The van der Waals surface area contributed by atoms with Crippen LogP contribution in [0.1, 0.15) is 25.1 Å². The lowest BCUT2D eigenvalue weighted by atomic mass is 10.1. The summed E-state index contributed by atoms with van der Waals surface area (Å²) in [6, 6.07) is 3.71. The third-order valence-corrected chi connectivity index (χ3v) is 3.55. The largest absolute Gasteiger partial charge is 0.366 e. The van der Waals surface area contributed by atoms with Gasteiger partial charge in [0.05, 0.1) is 0 Å². The molecule has 6 nitrogen and oxygen atoms in total. The van der Waals surface area contributed by atoms with E-state index in [0.717, 1.165) is 30.4 Å². The van der Waals surface area contributed by atoms with Gasteiger partial charge in [-0.15, -0.1) is 15.3 Å². The Morgan fingerprint density at radius 3 is 2.70 bits per heavy atom. The molecule has 8 heteroatoms. The minimum absolute atomic E-state index is 0.322. The topological polar surface area (TPSA) is 58.3 Å². The van der Waals surface area contributed by atoms with Crippen LogP contribution in [0.5, 0.6) is 0 Å². The van der Waals surface area contributed by atoms with E-state index in [-0.39, 0.29) is 0 Å². The molecule has 108 valence electrons. The molecule has 0 amide bonds. The second-order valence-electron chi connectivity index (χ2n) is 5.07. The maximum atomic E-state index is 12.8. The van der Waals surface area contributed by atoms with E-state index in [2.05, 4.69) is 32.6 Å². The lowest BCUT2D eigenvalue weighted by molar-refractivity contribution is 0.137. The standard InChI is InChI=1S/C12H16F2N6/c1-19-6-4-8(5-7-19)15-9-2-3-10-16-17-12(11(13)14)20(10)18-9/h2-3,8,11H,4-7H2,1H3,(H,15,18). The number of aromatic nitrogens is 4. The zero-order valence-corrected chi connectivity index (χ0v) is 11.1. The fourth-order valence-electron chi connectivity index (χ4n) is 2.38. The molecule has 3 rings (SSSR count). The molecule has 1 aliphatic heterocycles. The van der Waals surface area contributed by atoms with Crippen molar-refractivity contribution < 1.29 is 8.78 Å². The van der Waals surface area contributed by atoms with Crippen LogP contribution in [-0.2, 0) is 0 Å². The van der Waals surface area contributed by atoms with Gasteiger partial charge >= 0.3 is 0 Å². The Kier molecular flexibility index (Phi) is 3.47. The summed E-state index contributed by atoms with van der Waals surface area (Å²) in [5, 5.41) is 14.6. The normalized spacial score (nSPS) is 18.0. The molecule has 0 saturated carbocycles. The van der Waals surface area contributed by atoms with E-state index in [1.807, 2.05) is 0 Å². The van der Waals surface area contributed by atoms with Crippen LogP contribution in [0.15, 0.2) is 12.1 Å². The van der Waals surface area contributed by atoms with Crippen molar-refractivity contribution in [2.24, 2.45) is 0 Å². The molecule has 0 radical (unpaired) electrons. The van der Waals surface area contributed by atoms with Crippen molar-refractivity contribution in [1.29, 1.82) is 0 Å². The van der Waals surface area contributed by atoms with Crippen LogP contribution in [0.3, 0.4) is 0 Å². The molecule has 0 unspecified atom stereocenters. The Hall–Kier alpha value is -1.83. The lowest BCUT2D eigenvalue weighted by Crippen LogP contribution is -2.36. The van der Waals surface area contributed by atoms with Crippen LogP contribution in [0.4, 0.5) is 14.6 Å². The number of alkyl halides is 2. The van der Waals surface area contributed by atoms with Crippen LogP contribution in [-0.4, -0.2) is 50.9 Å². The van der Waals surface area contributed by atoms with Crippen LogP contribution in [0.2, 0.25) is 0 Å². The van der Waals surface area contributed by atoms with E-state index >= 15 is 0 Å². The monoisotopic (exact) mass is 282 g/mol. The van der Waals surface area contributed by atoms with Gasteiger partial charge in [-0.05, 0) is 45.1 Å². The van der Waals surface area contributed by atoms with Crippen LogP contribution < -0.4 is 5.32 Å². The van der Waals surface area contributed by atoms with Gasteiger partial charge in [0.15, 0.2) is 5.65 Å². The zero-order chi connectivity index (χ0) is 14.1. The molecule has 1 aliphatic rings. The second kappa shape index (κ2) is 5.28. The molecular weight excluding hydrogens is 266 g/mol. The number of piperidine rings is 1. The van der Waals surface area contributed by atoms with Gasteiger partial charge < -0.3 is 10.2 Å². The highest BCUT2D eigenvalue weighted by atomic mass is 19.3. The summed E-state index contributed by atoms with van der Waals surface area (Å²) in [5.74, 6) is 0.154. The van der Waals surface area contributed by atoms with Gasteiger partial charge in [-0.25, -0.2) is 8.78 Å². The Morgan fingerprint density at radius 1 is 1.25 bits per heavy atom. The highest BCUT2D eigenvalue weighted by Gasteiger charge is 2.19. The van der Waals surface area contributed by atoms with Crippen molar-refractivity contribution in [2.45, 2.75) is 25.3 Å². The molecule has 3 heterocycles.